The average Bonchev–Trinajstić information content (AvgIpc) is 2.86. The third-order valence-corrected chi connectivity index (χ3v) is 5.86. The van der Waals surface area contributed by atoms with Crippen LogP contribution in [0.5, 0.6) is 0 Å². The SMILES string of the molecule is O=C(O)c1ccc(-c2ccc(CN(CCCc3ccccc3)Cc3ccccc3)cc2)cc1. The number of nitrogens with zero attached hydrogens (tertiary/aromatic N) is 1. The minimum atomic E-state index is -0.900. The van der Waals surface area contributed by atoms with Crippen molar-refractivity contribution in [2.45, 2.75) is 25.9 Å². The number of rotatable bonds is 10. The van der Waals surface area contributed by atoms with Crippen LogP contribution in [0.25, 0.3) is 11.1 Å². The molecule has 4 aromatic carbocycles. The minimum Gasteiger partial charge on any atom is -0.478 e. The molecule has 0 bridgehead atoms. The molecule has 0 aliphatic heterocycles. The normalized spacial score (nSPS) is 10.9. The number of aromatic carboxylic acids is 1. The van der Waals surface area contributed by atoms with Gasteiger partial charge in [-0.15, -0.1) is 0 Å². The largest absolute Gasteiger partial charge is 0.478 e. The fourth-order valence-electron chi connectivity index (χ4n) is 4.07. The van der Waals surface area contributed by atoms with E-state index < -0.39 is 5.97 Å². The van der Waals surface area contributed by atoms with Crippen LogP contribution in [-0.2, 0) is 19.5 Å². The van der Waals surface area contributed by atoms with Crippen molar-refractivity contribution >= 4 is 5.97 Å². The Kier molecular flexibility index (Phi) is 7.68. The maximum absolute atomic E-state index is 11.1. The molecule has 0 unspecified atom stereocenters. The molecule has 33 heavy (non-hydrogen) atoms. The van der Waals surface area contributed by atoms with Crippen molar-refractivity contribution in [1.82, 2.24) is 4.90 Å². The maximum Gasteiger partial charge on any atom is 0.335 e. The molecule has 4 aromatic rings. The van der Waals surface area contributed by atoms with Crippen LogP contribution in [0.1, 0.15) is 33.5 Å². The highest BCUT2D eigenvalue weighted by atomic mass is 16.4. The number of hydrogen-bond donors (Lipinski definition) is 1. The summed E-state index contributed by atoms with van der Waals surface area (Å²) >= 11 is 0. The Morgan fingerprint density at radius 3 is 1.64 bits per heavy atom. The van der Waals surface area contributed by atoms with Gasteiger partial charge in [0.1, 0.15) is 0 Å². The molecule has 4 rings (SSSR count). The number of carboxylic acids is 1. The second-order valence-electron chi connectivity index (χ2n) is 8.36. The molecule has 0 spiro atoms. The number of carboxylic acid groups (broad SMARTS) is 1. The molecule has 0 fully saturated rings. The van der Waals surface area contributed by atoms with Crippen LogP contribution < -0.4 is 0 Å². The standard InChI is InChI=1S/C30H29NO2/c32-30(33)29-19-17-28(18-20-29)27-15-13-26(14-16-27)23-31(22-25-10-5-2-6-11-25)21-7-12-24-8-3-1-4-9-24/h1-6,8-11,13-20H,7,12,21-23H2,(H,32,33). The molecule has 3 nitrogen and oxygen atoms in total. The third-order valence-electron chi connectivity index (χ3n) is 5.86. The summed E-state index contributed by atoms with van der Waals surface area (Å²) < 4.78 is 0. The van der Waals surface area contributed by atoms with Gasteiger partial charge in [0.15, 0.2) is 0 Å². The molecule has 1 N–H and O–H groups in total. The summed E-state index contributed by atoms with van der Waals surface area (Å²) in [4.78, 5) is 13.6. The predicted octanol–water partition coefficient (Wildman–Crippen LogP) is 6.69. The van der Waals surface area contributed by atoms with Gasteiger partial charge in [-0.25, -0.2) is 4.79 Å². The monoisotopic (exact) mass is 435 g/mol. The quantitative estimate of drug-likeness (QED) is 0.302. The Bertz CT molecular complexity index is 1140. The van der Waals surface area contributed by atoms with Gasteiger partial charge in [0.05, 0.1) is 5.56 Å². The molecule has 166 valence electrons. The fourth-order valence-corrected chi connectivity index (χ4v) is 4.07. The van der Waals surface area contributed by atoms with Crippen molar-refractivity contribution < 1.29 is 9.90 Å². The number of aryl methyl sites for hydroxylation is 1. The van der Waals surface area contributed by atoms with E-state index in [4.69, 9.17) is 5.11 Å². The molecule has 0 saturated heterocycles. The van der Waals surface area contributed by atoms with Crippen LogP contribution in [0.15, 0.2) is 109 Å². The van der Waals surface area contributed by atoms with Gasteiger partial charge in [0, 0.05) is 13.1 Å². The Labute approximate surface area is 196 Å². The predicted molar refractivity (Wildman–Crippen MR) is 134 cm³/mol. The van der Waals surface area contributed by atoms with Crippen LogP contribution in [-0.4, -0.2) is 22.5 Å². The van der Waals surface area contributed by atoms with E-state index in [1.54, 1.807) is 12.1 Å². The fraction of sp³-hybridized carbons (Fsp3) is 0.167. The summed E-state index contributed by atoms with van der Waals surface area (Å²) in [6, 6.07) is 36.9. The van der Waals surface area contributed by atoms with Crippen LogP contribution in [0.2, 0.25) is 0 Å². The Hall–Kier alpha value is -3.69. The van der Waals surface area contributed by atoms with E-state index in [0.29, 0.717) is 5.56 Å². The first-order valence-corrected chi connectivity index (χ1v) is 11.4. The van der Waals surface area contributed by atoms with E-state index in [9.17, 15) is 4.79 Å². The van der Waals surface area contributed by atoms with Crippen molar-refractivity contribution in [2.75, 3.05) is 6.54 Å². The first-order valence-electron chi connectivity index (χ1n) is 11.4. The highest BCUT2D eigenvalue weighted by Gasteiger charge is 2.09. The minimum absolute atomic E-state index is 0.308. The van der Waals surface area contributed by atoms with Gasteiger partial charge in [-0.3, -0.25) is 4.90 Å². The number of hydrogen-bond acceptors (Lipinski definition) is 2. The lowest BCUT2D eigenvalue weighted by Gasteiger charge is -2.23. The zero-order valence-corrected chi connectivity index (χ0v) is 18.7. The van der Waals surface area contributed by atoms with Gasteiger partial charge in [0.25, 0.3) is 0 Å². The third kappa shape index (κ3) is 6.64. The van der Waals surface area contributed by atoms with Crippen molar-refractivity contribution in [3.05, 3.63) is 131 Å². The van der Waals surface area contributed by atoms with Gasteiger partial charge >= 0.3 is 5.97 Å². The summed E-state index contributed by atoms with van der Waals surface area (Å²) in [5.74, 6) is -0.900. The molecular weight excluding hydrogens is 406 g/mol. The van der Waals surface area contributed by atoms with Crippen LogP contribution in [0, 0.1) is 0 Å². The second-order valence-corrected chi connectivity index (χ2v) is 8.36. The molecule has 3 heteroatoms. The first kappa shape index (κ1) is 22.5. The topological polar surface area (TPSA) is 40.5 Å². The molecule has 0 aromatic heterocycles. The molecule has 0 aliphatic carbocycles. The van der Waals surface area contributed by atoms with Gasteiger partial charge in [-0.2, -0.15) is 0 Å². The smallest absolute Gasteiger partial charge is 0.335 e. The van der Waals surface area contributed by atoms with E-state index in [0.717, 1.165) is 43.6 Å². The summed E-state index contributed by atoms with van der Waals surface area (Å²) in [5.41, 5.74) is 6.41. The molecule has 0 aliphatic rings. The van der Waals surface area contributed by atoms with Crippen molar-refractivity contribution in [3.8, 4) is 11.1 Å². The van der Waals surface area contributed by atoms with E-state index in [-0.39, 0.29) is 0 Å². The Morgan fingerprint density at radius 1 is 0.606 bits per heavy atom. The lowest BCUT2D eigenvalue weighted by molar-refractivity contribution is 0.0697. The summed E-state index contributed by atoms with van der Waals surface area (Å²) in [7, 11) is 0. The zero-order chi connectivity index (χ0) is 22.9. The van der Waals surface area contributed by atoms with E-state index >= 15 is 0 Å². The molecule has 0 atom stereocenters. The van der Waals surface area contributed by atoms with Crippen molar-refractivity contribution in [2.24, 2.45) is 0 Å². The van der Waals surface area contributed by atoms with Crippen LogP contribution in [0.3, 0.4) is 0 Å². The summed E-state index contributed by atoms with van der Waals surface area (Å²) in [6.45, 7) is 2.85. The summed E-state index contributed by atoms with van der Waals surface area (Å²) in [6.07, 6.45) is 2.20. The lowest BCUT2D eigenvalue weighted by Crippen LogP contribution is -2.24. The molecule has 0 saturated carbocycles. The van der Waals surface area contributed by atoms with Crippen LogP contribution >= 0.6 is 0 Å². The van der Waals surface area contributed by atoms with Gasteiger partial charge in [-0.05, 0) is 59.3 Å². The van der Waals surface area contributed by atoms with Crippen molar-refractivity contribution in [3.63, 3.8) is 0 Å². The van der Waals surface area contributed by atoms with Gasteiger partial charge in [0.2, 0.25) is 0 Å². The van der Waals surface area contributed by atoms with Gasteiger partial charge in [-0.1, -0.05) is 97.1 Å². The maximum atomic E-state index is 11.1. The van der Waals surface area contributed by atoms with E-state index in [1.165, 1.54) is 16.7 Å². The van der Waals surface area contributed by atoms with Gasteiger partial charge < -0.3 is 5.11 Å². The zero-order valence-electron chi connectivity index (χ0n) is 18.7. The average molecular weight is 436 g/mol. The molecule has 0 amide bonds. The molecule has 0 heterocycles. The summed E-state index contributed by atoms with van der Waals surface area (Å²) in [5, 5.41) is 9.09. The van der Waals surface area contributed by atoms with E-state index in [1.807, 2.05) is 12.1 Å². The Morgan fingerprint density at radius 2 is 1.09 bits per heavy atom. The highest BCUT2D eigenvalue weighted by molar-refractivity contribution is 5.88. The second kappa shape index (κ2) is 11.3. The molecular formula is C30H29NO2. The highest BCUT2D eigenvalue weighted by Crippen LogP contribution is 2.21. The Balaban J connectivity index is 1.42. The first-order chi connectivity index (χ1) is 16.2. The number of carbonyl (C=O) groups is 1. The lowest BCUT2D eigenvalue weighted by atomic mass is 10.0. The molecule has 0 radical (unpaired) electrons. The van der Waals surface area contributed by atoms with Crippen LogP contribution in [0.4, 0.5) is 0 Å². The number of benzene rings is 4. The van der Waals surface area contributed by atoms with Crippen molar-refractivity contribution in [1.29, 1.82) is 0 Å². The van der Waals surface area contributed by atoms with E-state index in [2.05, 4.69) is 89.8 Å².